The average molecular weight is 268 g/mol. The molecule has 0 radical (unpaired) electrons. The summed E-state index contributed by atoms with van der Waals surface area (Å²) in [5.74, 6) is -0.972. The van der Waals surface area contributed by atoms with E-state index < -0.39 is 17.6 Å². The summed E-state index contributed by atoms with van der Waals surface area (Å²) in [4.78, 5) is 12.0. The van der Waals surface area contributed by atoms with E-state index in [0.29, 0.717) is 5.56 Å². The Kier molecular flexibility index (Phi) is 3.07. The smallest absolute Gasteiger partial charge is 0.312 e. The van der Waals surface area contributed by atoms with Crippen molar-refractivity contribution in [3.63, 3.8) is 0 Å². The van der Waals surface area contributed by atoms with Crippen LogP contribution in [0.1, 0.15) is 24.2 Å². The van der Waals surface area contributed by atoms with Crippen molar-refractivity contribution in [2.24, 2.45) is 5.92 Å². The van der Waals surface area contributed by atoms with E-state index in [-0.39, 0.29) is 5.97 Å². The molecule has 0 amide bonds. The lowest BCUT2D eigenvalue weighted by atomic mass is 9.78. The van der Waals surface area contributed by atoms with Crippen LogP contribution in [-0.2, 0) is 15.1 Å². The molecule has 3 nitrogen and oxygen atoms in total. The highest BCUT2D eigenvalue weighted by Crippen LogP contribution is 2.49. The summed E-state index contributed by atoms with van der Waals surface area (Å²) in [6.07, 6.45) is -0.673. The normalized spacial score (nSPS) is 29.2. The summed E-state index contributed by atoms with van der Waals surface area (Å²) in [5.41, 5.74) is 0.170. The van der Waals surface area contributed by atoms with Crippen LogP contribution in [0.3, 0.4) is 0 Å². The quantitative estimate of drug-likeness (QED) is 0.852. The number of ether oxygens (including phenoxy) is 1. The maximum absolute atomic E-state index is 12.0. The number of benzene rings is 2. The third-order valence-corrected chi connectivity index (χ3v) is 3.99. The number of rotatable bonds is 2. The van der Waals surface area contributed by atoms with Crippen LogP contribution in [0.4, 0.5) is 0 Å². The SMILES string of the molecule is C[C@@H]1C(=O)O[C@H](c2ccccc2)[C@@]1(O)c1ccccc1. The summed E-state index contributed by atoms with van der Waals surface area (Å²) in [6, 6.07) is 18.6. The topological polar surface area (TPSA) is 46.5 Å². The highest BCUT2D eigenvalue weighted by Gasteiger charge is 2.55. The van der Waals surface area contributed by atoms with Crippen LogP contribution in [-0.4, -0.2) is 11.1 Å². The van der Waals surface area contributed by atoms with Gasteiger partial charge in [0.05, 0.1) is 5.92 Å². The molecule has 1 aliphatic heterocycles. The lowest BCUT2D eigenvalue weighted by Crippen LogP contribution is -2.35. The zero-order valence-corrected chi connectivity index (χ0v) is 11.2. The Morgan fingerprint density at radius 1 is 1.00 bits per heavy atom. The molecule has 1 N–H and O–H groups in total. The number of hydrogen-bond acceptors (Lipinski definition) is 3. The fraction of sp³-hybridized carbons (Fsp3) is 0.235. The second kappa shape index (κ2) is 4.76. The van der Waals surface area contributed by atoms with Gasteiger partial charge in [0, 0.05) is 0 Å². The average Bonchev–Trinajstić information content (AvgIpc) is 2.74. The molecule has 20 heavy (non-hydrogen) atoms. The Hall–Kier alpha value is -2.13. The summed E-state index contributed by atoms with van der Waals surface area (Å²) >= 11 is 0. The van der Waals surface area contributed by atoms with Crippen LogP contribution >= 0.6 is 0 Å². The van der Waals surface area contributed by atoms with Crippen molar-refractivity contribution in [2.75, 3.05) is 0 Å². The second-order valence-electron chi connectivity index (χ2n) is 5.14. The molecule has 1 saturated heterocycles. The number of cyclic esters (lactones) is 1. The van der Waals surface area contributed by atoms with Gasteiger partial charge in [-0.05, 0) is 18.1 Å². The predicted molar refractivity (Wildman–Crippen MR) is 74.8 cm³/mol. The Bertz CT molecular complexity index is 609. The molecular formula is C17H16O3. The maximum atomic E-state index is 12.0. The van der Waals surface area contributed by atoms with E-state index >= 15 is 0 Å². The Morgan fingerprint density at radius 3 is 2.15 bits per heavy atom. The molecule has 3 atom stereocenters. The fourth-order valence-corrected chi connectivity index (χ4v) is 2.77. The third kappa shape index (κ3) is 1.82. The van der Waals surface area contributed by atoms with Gasteiger partial charge in [0.25, 0.3) is 0 Å². The molecule has 1 aliphatic rings. The predicted octanol–water partition coefficient (Wildman–Crippen LogP) is 2.81. The number of esters is 1. The van der Waals surface area contributed by atoms with E-state index in [4.69, 9.17) is 4.74 Å². The Balaban J connectivity index is 2.12. The van der Waals surface area contributed by atoms with E-state index in [1.54, 1.807) is 6.92 Å². The van der Waals surface area contributed by atoms with Gasteiger partial charge in [-0.3, -0.25) is 4.79 Å². The minimum atomic E-state index is -1.33. The van der Waals surface area contributed by atoms with Gasteiger partial charge in [-0.25, -0.2) is 0 Å². The van der Waals surface area contributed by atoms with Crippen LogP contribution in [0.15, 0.2) is 60.7 Å². The first-order valence-corrected chi connectivity index (χ1v) is 6.67. The molecule has 0 unspecified atom stereocenters. The molecule has 0 aromatic heterocycles. The first kappa shape index (κ1) is 12.9. The van der Waals surface area contributed by atoms with Crippen LogP contribution in [0.25, 0.3) is 0 Å². The third-order valence-electron chi connectivity index (χ3n) is 3.99. The zero-order chi connectivity index (χ0) is 14.2. The molecule has 1 heterocycles. The van der Waals surface area contributed by atoms with E-state index in [2.05, 4.69) is 0 Å². The molecule has 0 aliphatic carbocycles. The van der Waals surface area contributed by atoms with Crippen LogP contribution in [0.5, 0.6) is 0 Å². The molecule has 2 aromatic rings. The Morgan fingerprint density at radius 2 is 1.55 bits per heavy atom. The standard InChI is InChI=1S/C17H16O3/c1-12-16(18)20-15(13-8-4-2-5-9-13)17(12,19)14-10-6-3-7-11-14/h2-12,15,19H,1H3/t12-,15-,17+/m1/s1. The Labute approximate surface area is 117 Å². The molecule has 0 spiro atoms. The van der Waals surface area contributed by atoms with Crippen molar-refractivity contribution >= 4 is 5.97 Å². The number of aliphatic hydroxyl groups is 1. The van der Waals surface area contributed by atoms with Gasteiger partial charge >= 0.3 is 5.97 Å². The molecular weight excluding hydrogens is 252 g/mol. The van der Waals surface area contributed by atoms with Gasteiger partial charge in [0.2, 0.25) is 0 Å². The minimum Gasteiger partial charge on any atom is -0.454 e. The monoisotopic (exact) mass is 268 g/mol. The first-order chi connectivity index (χ1) is 9.64. The molecule has 102 valence electrons. The van der Waals surface area contributed by atoms with Gasteiger partial charge in [-0.1, -0.05) is 60.7 Å². The van der Waals surface area contributed by atoms with Gasteiger partial charge in [0.1, 0.15) is 5.60 Å². The lowest BCUT2D eigenvalue weighted by Gasteiger charge is -2.30. The van der Waals surface area contributed by atoms with Crippen LogP contribution in [0, 0.1) is 5.92 Å². The van der Waals surface area contributed by atoms with E-state index in [1.165, 1.54) is 0 Å². The van der Waals surface area contributed by atoms with Crippen molar-refractivity contribution in [1.82, 2.24) is 0 Å². The van der Waals surface area contributed by atoms with Crippen LogP contribution in [0.2, 0.25) is 0 Å². The van der Waals surface area contributed by atoms with Crippen molar-refractivity contribution < 1.29 is 14.6 Å². The molecule has 1 fully saturated rings. The fourth-order valence-electron chi connectivity index (χ4n) is 2.77. The summed E-state index contributed by atoms with van der Waals surface area (Å²) in [7, 11) is 0. The highest BCUT2D eigenvalue weighted by atomic mass is 16.6. The minimum absolute atomic E-state index is 0.370. The molecule has 0 bridgehead atoms. The molecule has 3 rings (SSSR count). The van der Waals surface area contributed by atoms with E-state index in [1.807, 2.05) is 60.7 Å². The van der Waals surface area contributed by atoms with Gasteiger partial charge in [-0.2, -0.15) is 0 Å². The summed E-state index contributed by atoms with van der Waals surface area (Å²) in [5, 5.41) is 11.2. The van der Waals surface area contributed by atoms with Gasteiger partial charge in [-0.15, -0.1) is 0 Å². The number of carbonyl (C=O) groups is 1. The molecule has 3 heteroatoms. The van der Waals surface area contributed by atoms with Gasteiger partial charge in [0.15, 0.2) is 6.10 Å². The van der Waals surface area contributed by atoms with Crippen molar-refractivity contribution in [3.8, 4) is 0 Å². The first-order valence-electron chi connectivity index (χ1n) is 6.67. The van der Waals surface area contributed by atoms with Gasteiger partial charge < -0.3 is 9.84 Å². The van der Waals surface area contributed by atoms with Crippen LogP contribution < -0.4 is 0 Å². The zero-order valence-electron chi connectivity index (χ0n) is 11.2. The summed E-state index contributed by atoms with van der Waals surface area (Å²) in [6.45, 7) is 1.71. The lowest BCUT2D eigenvalue weighted by molar-refractivity contribution is -0.144. The van der Waals surface area contributed by atoms with Crippen molar-refractivity contribution in [1.29, 1.82) is 0 Å². The second-order valence-corrected chi connectivity index (χ2v) is 5.14. The van der Waals surface area contributed by atoms with E-state index in [9.17, 15) is 9.90 Å². The maximum Gasteiger partial charge on any atom is 0.312 e. The largest absolute Gasteiger partial charge is 0.454 e. The van der Waals surface area contributed by atoms with Crippen molar-refractivity contribution in [2.45, 2.75) is 18.6 Å². The molecule has 2 aromatic carbocycles. The number of carbonyl (C=O) groups excluding carboxylic acids is 1. The summed E-state index contributed by atoms with van der Waals surface area (Å²) < 4.78 is 5.44. The van der Waals surface area contributed by atoms with E-state index in [0.717, 1.165) is 5.56 Å². The van der Waals surface area contributed by atoms with Crippen molar-refractivity contribution in [3.05, 3.63) is 71.8 Å². The molecule has 0 saturated carbocycles. The highest BCUT2D eigenvalue weighted by molar-refractivity contribution is 5.77. The number of hydrogen-bond donors (Lipinski definition) is 1.